The minimum absolute atomic E-state index is 0.849. The number of nitrogens with zero attached hydrogens (tertiary/aromatic N) is 4. The van der Waals surface area contributed by atoms with Crippen molar-refractivity contribution in [3.05, 3.63) is 122 Å². The van der Waals surface area contributed by atoms with Crippen molar-refractivity contribution < 1.29 is 0 Å². The van der Waals surface area contributed by atoms with Crippen LogP contribution in [0.25, 0.3) is 55.1 Å². The van der Waals surface area contributed by atoms with E-state index in [1.807, 2.05) is 24.5 Å². The fourth-order valence-corrected chi connectivity index (χ4v) is 5.77. The zero-order valence-corrected chi connectivity index (χ0v) is 20.0. The molecule has 176 valence electrons. The van der Waals surface area contributed by atoms with Crippen molar-refractivity contribution in [2.24, 2.45) is 0 Å². The Morgan fingerprint density at radius 1 is 0.568 bits per heavy atom. The van der Waals surface area contributed by atoms with Crippen LogP contribution < -0.4 is 10.4 Å². The maximum absolute atomic E-state index is 4.71. The molecule has 0 fully saturated rings. The van der Waals surface area contributed by atoms with Crippen LogP contribution >= 0.6 is 0 Å². The van der Waals surface area contributed by atoms with Crippen LogP contribution in [0.3, 0.4) is 0 Å². The summed E-state index contributed by atoms with van der Waals surface area (Å²) in [6.07, 6.45) is 5.98. The van der Waals surface area contributed by atoms with Gasteiger partial charge in [0.2, 0.25) is 0 Å². The highest BCUT2D eigenvalue weighted by Crippen LogP contribution is 2.37. The molecule has 0 aliphatic carbocycles. The second kappa shape index (κ2) is 7.73. The molecule has 0 amide bonds. The van der Waals surface area contributed by atoms with Crippen LogP contribution in [0.2, 0.25) is 0 Å². The van der Waals surface area contributed by atoms with Gasteiger partial charge in [-0.05, 0) is 54.6 Å². The highest BCUT2D eigenvalue weighted by atomic mass is 15.5. The first kappa shape index (κ1) is 20.2. The van der Waals surface area contributed by atoms with Crippen LogP contribution in [-0.2, 0) is 0 Å². The second-order valence-corrected chi connectivity index (χ2v) is 9.44. The lowest BCUT2D eigenvalue weighted by molar-refractivity contribution is 0.841. The van der Waals surface area contributed by atoms with Crippen molar-refractivity contribution in [3.63, 3.8) is 0 Å². The van der Waals surface area contributed by atoms with Gasteiger partial charge in [-0.1, -0.05) is 54.6 Å². The molecule has 0 spiro atoms. The molecule has 0 atom stereocenters. The van der Waals surface area contributed by atoms with E-state index in [2.05, 4.69) is 117 Å². The lowest BCUT2D eigenvalue weighted by atomic mass is 10.1. The average molecular weight is 478 g/mol. The van der Waals surface area contributed by atoms with Crippen LogP contribution in [0.5, 0.6) is 0 Å². The average Bonchev–Trinajstić information content (AvgIpc) is 3.68. The van der Waals surface area contributed by atoms with Gasteiger partial charge in [0.1, 0.15) is 5.82 Å². The molecule has 0 saturated heterocycles. The molecular formula is C32H23N5. The summed E-state index contributed by atoms with van der Waals surface area (Å²) in [5, 5.41) is 7.10. The molecule has 1 aliphatic rings. The highest BCUT2D eigenvalue weighted by Gasteiger charge is 2.18. The molecule has 4 aromatic carbocycles. The van der Waals surface area contributed by atoms with Crippen LogP contribution in [0.1, 0.15) is 0 Å². The van der Waals surface area contributed by atoms with Gasteiger partial charge < -0.3 is 9.99 Å². The third kappa shape index (κ3) is 2.94. The number of hydrazine groups is 1. The number of aromatic nitrogens is 3. The fraction of sp³-hybridized carbons (Fsp3) is 0.0312. The molecule has 37 heavy (non-hydrogen) atoms. The van der Waals surface area contributed by atoms with Crippen molar-refractivity contribution in [2.75, 3.05) is 11.6 Å². The number of anilines is 1. The van der Waals surface area contributed by atoms with Gasteiger partial charge in [-0.15, -0.1) is 0 Å². The van der Waals surface area contributed by atoms with E-state index in [-0.39, 0.29) is 0 Å². The third-order valence-electron chi connectivity index (χ3n) is 7.40. The Hall–Kier alpha value is -5.03. The number of fused-ring (bicyclic) bond motifs is 6. The molecule has 8 rings (SSSR count). The summed E-state index contributed by atoms with van der Waals surface area (Å²) in [5.74, 6) is 0.919. The van der Waals surface area contributed by atoms with Crippen LogP contribution in [0, 0.1) is 0 Å². The van der Waals surface area contributed by atoms with Gasteiger partial charge in [0.15, 0.2) is 0 Å². The van der Waals surface area contributed by atoms with Gasteiger partial charge in [0.25, 0.3) is 0 Å². The van der Waals surface area contributed by atoms with Gasteiger partial charge in [0, 0.05) is 39.6 Å². The largest absolute Gasteiger partial charge is 0.309 e. The highest BCUT2D eigenvalue weighted by molar-refractivity contribution is 6.12. The number of pyridine rings is 1. The first-order valence-electron chi connectivity index (χ1n) is 12.5. The van der Waals surface area contributed by atoms with Crippen molar-refractivity contribution >= 4 is 49.3 Å². The van der Waals surface area contributed by atoms with E-state index in [1.165, 1.54) is 32.6 Å². The molecule has 5 nitrogen and oxygen atoms in total. The summed E-state index contributed by atoms with van der Waals surface area (Å²) in [4.78, 5) is 4.71. The molecule has 1 aliphatic heterocycles. The van der Waals surface area contributed by atoms with Crippen LogP contribution in [-0.4, -0.2) is 20.7 Å². The van der Waals surface area contributed by atoms with E-state index < -0.39 is 0 Å². The molecule has 3 aromatic heterocycles. The number of hydrogen-bond donors (Lipinski definition) is 1. The lowest BCUT2D eigenvalue weighted by Gasteiger charge is -2.19. The Kier molecular flexibility index (Phi) is 4.22. The molecule has 0 bridgehead atoms. The first-order valence-corrected chi connectivity index (χ1v) is 12.5. The number of rotatable bonds is 3. The summed E-state index contributed by atoms with van der Waals surface area (Å²) in [7, 11) is 0. The van der Waals surface area contributed by atoms with E-state index in [0.717, 1.165) is 34.8 Å². The van der Waals surface area contributed by atoms with E-state index in [9.17, 15) is 0 Å². The minimum atomic E-state index is 0.849. The summed E-state index contributed by atoms with van der Waals surface area (Å²) in [6.45, 7) is 0.849. The minimum Gasteiger partial charge on any atom is -0.309 e. The first-order chi connectivity index (χ1) is 18.4. The van der Waals surface area contributed by atoms with E-state index in [1.54, 1.807) is 0 Å². The Balaban J connectivity index is 1.44. The molecule has 0 radical (unpaired) electrons. The van der Waals surface area contributed by atoms with Crippen LogP contribution in [0.4, 0.5) is 5.69 Å². The zero-order valence-electron chi connectivity index (χ0n) is 20.0. The standard InChI is InChI=1S/C32H23N5/c1-3-10-28-24(8-1)26-15-13-22(35-19-7-18-34-35)20-30(26)36(28)23-14-16-27-25-9-2-4-11-29(25)37(31(27)21-23)32-12-5-6-17-33-32/h1-18,20-21,34H,19H2. The van der Waals surface area contributed by atoms with Gasteiger partial charge in [-0.3, -0.25) is 9.58 Å². The smallest absolute Gasteiger partial charge is 0.137 e. The zero-order chi connectivity index (χ0) is 24.3. The topological polar surface area (TPSA) is 38.0 Å². The quantitative estimate of drug-likeness (QED) is 0.295. The van der Waals surface area contributed by atoms with Crippen molar-refractivity contribution in [1.29, 1.82) is 0 Å². The second-order valence-electron chi connectivity index (χ2n) is 9.44. The van der Waals surface area contributed by atoms with Gasteiger partial charge in [0.05, 0.1) is 34.3 Å². The van der Waals surface area contributed by atoms with Crippen molar-refractivity contribution in [2.45, 2.75) is 0 Å². The third-order valence-corrected chi connectivity index (χ3v) is 7.40. The van der Waals surface area contributed by atoms with Gasteiger partial charge >= 0.3 is 0 Å². The molecule has 0 unspecified atom stereocenters. The summed E-state index contributed by atoms with van der Waals surface area (Å²) in [6, 6.07) is 36.8. The lowest BCUT2D eigenvalue weighted by Crippen LogP contribution is -2.29. The summed E-state index contributed by atoms with van der Waals surface area (Å²) in [5.41, 5.74) is 10.3. The normalized spacial score (nSPS) is 13.4. The Bertz CT molecular complexity index is 1990. The molecule has 1 N–H and O–H groups in total. The molecule has 4 heterocycles. The SMILES string of the molecule is C1=CNN(c2ccc3c4ccccc4n(-c4ccc5c6ccccc6n(-c6ccccn6)c5c4)c3c2)C1. The molecule has 7 aromatic rings. The Morgan fingerprint density at radius 3 is 1.89 bits per heavy atom. The molecule has 0 saturated carbocycles. The predicted octanol–water partition coefficient (Wildman–Crippen LogP) is 7.11. The van der Waals surface area contributed by atoms with E-state index >= 15 is 0 Å². The monoisotopic (exact) mass is 477 g/mol. The van der Waals surface area contributed by atoms with Gasteiger partial charge in [-0.2, -0.15) is 0 Å². The van der Waals surface area contributed by atoms with E-state index in [4.69, 9.17) is 4.98 Å². The number of nitrogens with one attached hydrogen (secondary N) is 1. The van der Waals surface area contributed by atoms with E-state index in [0.29, 0.717) is 0 Å². The maximum atomic E-state index is 4.71. The number of benzene rings is 4. The van der Waals surface area contributed by atoms with Crippen LogP contribution in [0.15, 0.2) is 122 Å². The fourth-order valence-electron chi connectivity index (χ4n) is 5.77. The Morgan fingerprint density at radius 2 is 1.19 bits per heavy atom. The predicted molar refractivity (Wildman–Crippen MR) is 153 cm³/mol. The van der Waals surface area contributed by atoms with Crippen molar-refractivity contribution in [1.82, 2.24) is 19.5 Å². The molecule has 5 heteroatoms. The summed E-state index contributed by atoms with van der Waals surface area (Å²) >= 11 is 0. The summed E-state index contributed by atoms with van der Waals surface area (Å²) < 4.78 is 4.66. The maximum Gasteiger partial charge on any atom is 0.137 e. The Labute approximate surface area is 213 Å². The van der Waals surface area contributed by atoms with Gasteiger partial charge in [-0.25, -0.2) is 4.98 Å². The van der Waals surface area contributed by atoms with Crippen molar-refractivity contribution in [3.8, 4) is 11.5 Å². The molecular weight excluding hydrogens is 454 g/mol. The number of para-hydroxylation sites is 2. The number of hydrogen-bond acceptors (Lipinski definition) is 3.